The Bertz CT molecular complexity index is 1180. The van der Waals surface area contributed by atoms with E-state index in [1.807, 2.05) is 68.4 Å². The molecule has 0 amide bonds. The molecule has 38 heavy (non-hydrogen) atoms. The molecule has 6 heteroatoms. The van der Waals surface area contributed by atoms with Crippen molar-refractivity contribution in [1.29, 1.82) is 0 Å². The SMILES string of the molecule is CCOC(=O)C#C[C@@H]1O[C@H](COC(c2ccccc2)(c2ccccc2)c2ccccc2)[C@H]2OC(C)(C)O[C@H]21. The summed E-state index contributed by atoms with van der Waals surface area (Å²) in [4.78, 5) is 11.9. The molecule has 2 fully saturated rings. The minimum absolute atomic E-state index is 0.205. The maximum atomic E-state index is 11.9. The van der Waals surface area contributed by atoms with E-state index in [-0.39, 0.29) is 13.2 Å². The van der Waals surface area contributed by atoms with E-state index >= 15 is 0 Å². The topological polar surface area (TPSA) is 63.2 Å². The van der Waals surface area contributed by atoms with Gasteiger partial charge in [-0.2, -0.15) is 0 Å². The molecule has 0 radical (unpaired) electrons. The van der Waals surface area contributed by atoms with Crippen molar-refractivity contribution in [1.82, 2.24) is 0 Å². The van der Waals surface area contributed by atoms with Gasteiger partial charge >= 0.3 is 5.97 Å². The van der Waals surface area contributed by atoms with Crippen molar-refractivity contribution in [3.8, 4) is 11.8 Å². The van der Waals surface area contributed by atoms with Gasteiger partial charge in [-0.1, -0.05) is 96.9 Å². The van der Waals surface area contributed by atoms with E-state index in [2.05, 4.69) is 48.2 Å². The minimum Gasteiger partial charge on any atom is -0.456 e. The lowest BCUT2D eigenvalue weighted by Gasteiger charge is -2.37. The van der Waals surface area contributed by atoms with E-state index in [0.717, 1.165) is 16.7 Å². The van der Waals surface area contributed by atoms with Crippen LogP contribution >= 0.6 is 0 Å². The summed E-state index contributed by atoms with van der Waals surface area (Å²) in [5.41, 5.74) is 2.09. The minimum atomic E-state index is -0.897. The lowest BCUT2D eigenvalue weighted by Crippen LogP contribution is -2.39. The summed E-state index contributed by atoms with van der Waals surface area (Å²) in [7, 11) is 0. The zero-order valence-electron chi connectivity index (χ0n) is 21.8. The van der Waals surface area contributed by atoms with Crippen LogP contribution in [-0.4, -0.2) is 49.4 Å². The molecule has 6 nitrogen and oxygen atoms in total. The van der Waals surface area contributed by atoms with Crippen molar-refractivity contribution >= 4 is 5.97 Å². The largest absolute Gasteiger partial charge is 0.456 e. The van der Waals surface area contributed by atoms with Crippen LogP contribution in [0.2, 0.25) is 0 Å². The summed E-state index contributed by atoms with van der Waals surface area (Å²) in [5, 5.41) is 0. The molecule has 0 N–H and O–H groups in total. The molecule has 0 bridgehead atoms. The van der Waals surface area contributed by atoms with Crippen LogP contribution in [0.3, 0.4) is 0 Å². The fourth-order valence-electron chi connectivity index (χ4n) is 5.21. The van der Waals surface area contributed by atoms with Gasteiger partial charge in [0.15, 0.2) is 5.79 Å². The summed E-state index contributed by atoms with van der Waals surface area (Å²) in [6.45, 7) is 5.93. The van der Waals surface area contributed by atoms with Crippen LogP contribution in [0, 0.1) is 11.8 Å². The van der Waals surface area contributed by atoms with Crippen LogP contribution in [0.4, 0.5) is 0 Å². The summed E-state index contributed by atoms with van der Waals surface area (Å²) in [6.07, 6.45) is -2.00. The second-order valence-corrected chi connectivity index (χ2v) is 9.74. The number of carbonyl (C=O) groups is 1. The Kier molecular flexibility index (Phi) is 7.64. The van der Waals surface area contributed by atoms with Gasteiger partial charge in [0.05, 0.1) is 13.2 Å². The number of hydrogen-bond donors (Lipinski definition) is 0. The molecule has 0 aliphatic carbocycles. The lowest BCUT2D eigenvalue weighted by atomic mass is 9.80. The number of rotatable bonds is 7. The molecular weight excluding hydrogens is 480 g/mol. The van der Waals surface area contributed by atoms with Crippen LogP contribution in [0.5, 0.6) is 0 Å². The molecule has 2 aliphatic heterocycles. The third kappa shape index (κ3) is 5.24. The van der Waals surface area contributed by atoms with E-state index in [1.54, 1.807) is 6.92 Å². The average molecular weight is 513 g/mol. The first-order valence-electron chi connectivity index (χ1n) is 12.9. The van der Waals surface area contributed by atoms with E-state index in [4.69, 9.17) is 23.7 Å². The highest BCUT2D eigenvalue weighted by atomic mass is 16.8. The van der Waals surface area contributed by atoms with E-state index in [9.17, 15) is 4.79 Å². The molecule has 4 atom stereocenters. The average Bonchev–Trinajstić information content (AvgIpc) is 3.42. The summed E-state index contributed by atoms with van der Waals surface area (Å²) in [5.74, 6) is 4.01. The highest BCUT2D eigenvalue weighted by molar-refractivity contribution is 5.88. The van der Waals surface area contributed by atoms with Crippen LogP contribution in [0.15, 0.2) is 91.0 Å². The maximum absolute atomic E-state index is 11.9. The Balaban J connectivity index is 1.50. The molecule has 3 aromatic rings. The second-order valence-electron chi connectivity index (χ2n) is 9.74. The lowest BCUT2D eigenvalue weighted by molar-refractivity contribution is -0.189. The summed E-state index contributed by atoms with van der Waals surface area (Å²) in [6, 6.07) is 30.5. The molecule has 5 rings (SSSR count). The highest BCUT2D eigenvalue weighted by Gasteiger charge is 2.55. The first kappa shape index (κ1) is 26.1. The summed E-state index contributed by atoms with van der Waals surface area (Å²) >= 11 is 0. The predicted octanol–water partition coefficient (Wildman–Crippen LogP) is 4.85. The number of fused-ring (bicyclic) bond motifs is 1. The number of carbonyl (C=O) groups excluding carboxylic acids is 1. The fraction of sp³-hybridized carbons (Fsp3) is 0.344. The van der Waals surface area contributed by atoms with Crippen LogP contribution in [0.1, 0.15) is 37.5 Å². The Hall–Kier alpha value is -3.47. The predicted molar refractivity (Wildman–Crippen MR) is 142 cm³/mol. The molecular formula is C32H32O6. The number of hydrogen-bond acceptors (Lipinski definition) is 6. The van der Waals surface area contributed by atoms with Crippen molar-refractivity contribution in [2.24, 2.45) is 0 Å². The number of esters is 1. The quantitative estimate of drug-likeness (QED) is 0.195. The van der Waals surface area contributed by atoms with Gasteiger partial charge in [-0.05, 0) is 37.5 Å². The smallest absolute Gasteiger partial charge is 0.384 e. The zero-order valence-corrected chi connectivity index (χ0v) is 21.8. The molecule has 3 aromatic carbocycles. The third-order valence-electron chi connectivity index (χ3n) is 6.75. The van der Waals surface area contributed by atoms with E-state index in [0.29, 0.717) is 0 Å². The van der Waals surface area contributed by atoms with Gasteiger partial charge in [-0.25, -0.2) is 4.79 Å². The van der Waals surface area contributed by atoms with E-state index in [1.165, 1.54) is 0 Å². The Labute approximate surface area is 223 Å². The van der Waals surface area contributed by atoms with Crippen molar-refractivity contribution in [3.63, 3.8) is 0 Å². The Morgan fingerprint density at radius 1 is 0.842 bits per heavy atom. The van der Waals surface area contributed by atoms with Crippen LogP contribution < -0.4 is 0 Å². The zero-order chi connectivity index (χ0) is 26.6. The third-order valence-corrected chi connectivity index (χ3v) is 6.75. The fourth-order valence-corrected chi connectivity index (χ4v) is 5.21. The monoisotopic (exact) mass is 512 g/mol. The molecule has 0 saturated carbocycles. The van der Waals surface area contributed by atoms with Crippen LogP contribution in [-0.2, 0) is 34.1 Å². The molecule has 2 heterocycles. The number of benzene rings is 3. The highest BCUT2D eigenvalue weighted by Crippen LogP contribution is 2.43. The maximum Gasteiger partial charge on any atom is 0.384 e. The summed E-state index contributed by atoms with van der Waals surface area (Å²) < 4.78 is 30.6. The van der Waals surface area contributed by atoms with Gasteiger partial charge in [0.1, 0.15) is 30.0 Å². The first-order valence-corrected chi connectivity index (χ1v) is 12.9. The van der Waals surface area contributed by atoms with Gasteiger partial charge < -0.3 is 23.7 Å². The van der Waals surface area contributed by atoms with Gasteiger partial charge in [0.2, 0.25) is 0 Å². The standard InChI is InChI=1S/C32H32O6/c1-4-34-28(33)21-20-26-29-30(38-31(2,3)37-29)27(36-26)22-35-32(23-14-8-5-9-15-23,24-16-10-6-11-17-24)25-18-12-7-13-19-25/h5-19,26-27,29-30H,4,22H2,1-3H3/t26-,27+,29-,30+/m0/s1. The van der Waals surface area contributed by atoms with Gasteiger partial charge in [0, 0.05) is 5.92 Å². The Morgan fingerprint density at radius 2 is 1.34 bits per heavy atom. The van der Waals surface area contributed by atoms with Gasteiger partial charge in [-0.15, -0.1) is 0 Å². The molecule has 2 saturated heterocycles. The molecule has 196 valence electrons. The number of ether oxygens (including phenoxy) is 5. The normalized spacial score (nSPS) is 23.8. The molecule has 0 spiro atoms. The second kappa shape index (κ2) is 11.1. The van der Waals surface area contributed by atoms with E-state index < -0.39 is 41.8 Å². The van der Waals surface area contributed by atoms with Crippen molar-refractivity contribution in [3.05, 3.63) is 108 Å². The van der Waals surface area contributed by atoms with Crippen molar-refractivity contribution < 1.29 is 28.5 Å². The van der Waals surface area contributed by atoms with Crippen molar-refractivity contribution in [2.45, 2.75) is 56.6 Å². The molecule has 2 aliphatic rings. The van der Waals surface area contributed by atoms with Gasteiger partial charge in [0.25, 0.3) is 0 Å². The molecule has 0 unspecified atom stereocenters. The van der Waals surface area contributed by atoms with Gasteiger partial charge in [-0.3, -0.25) is 0 Å². The van der Waals surface area contributed by atoms with Crippen molar-refractivity contribution in [2.75, 3.05) is 13.2 Å². The molecule has 0 aromatic heterocycles. The van der Waals surface area contributed by atoms with Crippen LogP contribution in [0.25, 0.3) is 0 Å². The Morgan fingerprint density at radius 3 is 1.84 bits per heavy atom. The first-order chi connectivity index (χ1) is 18.4.